The minimum atomic E-state index is -3.37. The van der Waals surface area contributed by atoms with Crippen molar-refractivity contribution in [2.75, 3.05) is 0 Å². The zero-order chi connectivity index (χ0) is 26.6. The Labute approximate surface area is 224 Å². The molecule has 0 heterocycles. The molecule has 0 aromatic heterocycles. The van der Waals surface area contributed by atoms with E-state index in [0.717, 1.165) is 20.7 Å². The van der Waals surface area contributed by atoms with Crippen molar-refractivity contribution >= 4 is 55.0 Å². The van der Waals surface area contributed by atoms with Gasteiger partial charge in [0.05, 0.1) is 0 Å². The molecular weight excluding hydrogens is 529 g/mol. The second-order valence-corrected chi connectivity index (χ2v) is 22.1. The Balaban J connectivity index is 1.80. The SMILES string of the molecule is C[Si](O)(O[Si](C)(O[Si](C)(O[Si](C)(O)c1ccccc1)c1ccccc1)c1ccccc1)c1ccccc1. The van der Waals surface area contributed by atoms with Gasteiger partial charge in [0.2, 0.25) is 0 Å². The van der Waals surface area contributed by atoms with Gasteiger partial charge in [-0.05, 0) is 46.9 Å². The summed E-state index contributed by atoms with van der Waals surface area (Å²) in [5, 5.41) is 3.31. The van der Waals surface area contributed by atoms with Crippen LogP contribution in [0.1, 0.15) is 0 Å². The highest BCUT2D eigenvalue weighted by Crippen LogP contribution is 2.24. The lowest BCUT2D eigenvalue weighted by Gasteiger charge is -2.42. The number of rotatable bonds is 10. The van der Waals surface area contributed by atoms with Crippen molar-refractivity contribution in [1.29, 1.82) is 0 Å². The lowest BCUT2D eigenvalue weighted by molar-refractivity contribution is 0.292. The van der Waals surface area contributed by atoms with Gasteiger partial charge in [-0.15, -0.1) is 0 Å². The fraction of sp³-hybridized carbons (Fsp3) is 0.143. The third kappa shape index (κ3) is 6.52. The van der Waals surface area contributed by atoms with Gasteiger partial charge in [0.25, 0.3) is 0 Å². The standard InChI is InChI=1S/C28H34O5Si4/c1-34(29,25-17-9-5-10-18-25)31-36(3,27-21-13-7-14-22-27)33-37(4,28-23-15-8-16-24-28)32-35(2,30)26-19-11-6-12-20-26/h5-24,29-30H,1-4H3. The molecule has 0 fully saturated rings. The molecule has 4 rings (SSSR count). The summed E-state index contributed by atoms with van der Waals surface area (Å²) in [6.45, 7) is 7.47. The minimum Gasteiger partial charge on any atom is -0.409 e. The largest absolute Gasteiger partial charge is 0.409 e. The van der Waals surface area contributed by atoms with Crippen LogP contribution in [0.25, 0.3) is 0 Å². The van der Waals surface area contributed by atoms with E-state index >= 15 is 0 Å². The summed E-state index contributed by atoms with van der Waals surface area (Å²) in [5.74, 6) is 0. The molecule has 37 heavy (non-hydrogen) atoms. The van der Waals surface area contributed by atoms with Crippen molar-refractivity contribution < 1.29 is 21.9 Å². The Morgan fingerprint density at radius 2 is 0.622 bits per heavy atom. The van der Waals surface area contributed by atoms with E-state index in [1.165, 1.54) is 0 Å². The lowest BCUT2D eigenvalue weighted by Crippen LogP contribution is -2.71. The zero-order valence-corrected chi connectivity index (χ0v) is 25.7. The van der Waals surface area contributed by atoms with E-state index in [0.29, 0.717) is 0 Å². The molecule has 0 bridgehead atoms. The number of benzene rings is 4. The van der Waals surface area contributed by atoms with Gasteiger partial charge in [0.15, 0.2) is 0 Å². The summed E-state index contributed by atoms with van der Waals surface area (Å²) in [6.07, 6.45) is 0. The highest BCUT2D eigenvalue weighted by Gasteiger charge is 2.53. The van der Waals surface area contributed by atoms with E-state index in [9.17, 15) is 9.59 Å². The fourth-order valence-electron chi connectivity index (χ4n) is 4.50. The number of hydrogen-bond acceptors (Lipinski definition) is 5. The van der Waals surface area contributed by atoms with E-state index in [1.54, 1.807) is 13.1 Å². The van der Waals surface area contributed by atoms with Crippen LogP contribution in [0.4, 0.5) is 0 Å². The molecule has 4 unspecified atom stereocenters. The van der Waals surface area contributed by atoms with Crippen molar-refractivity contribution in [2.45, 2.75) is 26.2 Å². The van der Waals surface area contributed by atoms with Crippen LogP contribution >= 0.6 is 0 Å². The Bertz CT molecular complexity index is 1180. The zero-order valence-electron chi connectivity index (χ0n) is 21.7. The maximum Gasteiger partial charge on any atom is 0.358 e. The topological polar surface area (TPSA) is 68.2 Å². The van der Waals surface area contributed by atoms with Crippen LogP contribution in [0.3, 0.4) is 0 Å². The average molecular weight is 563 g/mol. The van der Waals surface area contributed by atoms with Gasteiger partial charge in [0.1, 0.15) is 0 Å². The molecular formula is C28H34O5Si4. The van der Waals surface area contributed by atoms with E-state index in [2.05, 4.69) is 0 Å². The molecule has 4 aromatic rings. The molecule has 192 valence electrons. The first-order chi connectivity index (χ1) is 17.5. The van der Waals surface area contributed by atoms with Crippen LogP contribution in [-0.4, -0.2) is 43.8 Å². The molecule has 0 spiro atoms. The van der Waals surface area contributed by atoms with Crippen LogP contribution in [-0.2, 0) is 12.3 Å². The molecule has 0 aliphatic carbocycles. The molecule has 0 radical (unpaired) electrons. The van der Waals surface area contributed by atoms with Gasteiger partial charge in [0, 0.05) is 0 Å². The first-order valence-electron chi connectivity index (χ1n) is 12.3. The van der Waals surface area contributed by atoms with Gasteiger partial charge < -0.3 is 21.9 Å². The van der Waals surface area contributed by atoms with Crippen molar-refractivity contribution in [3.05, 3.63) is 121 Å². The Morgan fingerprint density at radius 3 is 0.892 bits per heavy atom. The fourth-order valence-corrected chi connectivity index (χ4v) is 20.7. The summed E-state index contributed by atoms with van der Waals surface area (Å²) >= 11 is 0. The number of hydrogen-bond donors (Lipinski definition) is 2. The highest BCUT2D eigenvalue weighted by molar-refractivity contribution is 7.00. The van der Waals surface area contributed by atoms with Crippen molar-refractivity contribution in [3.8, 4) is 0 Å². The molecule has 0 saturated carbocycles. The van der Waals surface area contributed by atoms with Crippen LogP contribution in [0.5, 0.6) is 0 Å². The molecule has 5 nitrogen and oxygen atoms in total. The maximum absolute atomic E-state index is 11.7. The molecule has 0 amide bonds. The van der Waals surface area contributed by atoms with E-state index in [4.69, 9.17) is 12.3 Å². The van der Waals surface area contributed by atoms with Crippen molar-refractivity contribution in [3.63, 3.8) is 0 Å². The van der Waals surface area contributed by atoms with Crippen LogP contribution in [0, 0.1) is 0 Å². The first-order valence-corrected chi connectivity index (χ1v) is 21.7. The smallest absolute Gasteiger partial charge is 0.358 e. The summed E-state index contributed by atoms with van der Waals surface area (Å²) in [5.41, 5.74) is 0. The van der Waals surface area contributed by atoms with Crippen LogP contribution in [0.15, 0.2) is 121 Å². The second kappa shape index (κ2) is 11.1. The van der Waals surface area contributed by atoms with Crippen LogP contribution < -0.4 is 20.7 Å². The predicted octanol–water partition coefficient (Wildman–Crippen LogP) is 2.94. The van der Waals surface area contributed by atoms with E-state index in [1.807, 2.05) is 134 Å². The van der Waals surface area contributed by atoms with Gasteiger partial charge in [-0.25, -0.2) is 0 Å². The second-order valence-electron chi connectivity index (χ2n) is 9.63. The summed E-state index contributed by atoms with van der Waals surface area (Å²) in [6, 6.07) is 38.6. The third-order valence-electron chi connectivity index (χ3n) is 6.39. The third-order valence-corrected chi connectivity index (χ3v) is 21.4. The first kappa shape index (κ1) is 27.6. The molecule has 4 atom stereocenters. The highest BCUT2D eigenvalue weighted by atomic mass is 28.5. The van der Waals surface area contributed by atoms with E-state index < -0.39 is 34.2 Å². The molecule has 0 aliphatic heterocycles. The Kier molecular flexibility index (Phi) is 8.28. The maximum atomic E-state index is 11.7. The van der Waals surface area contributed by atoms with Gasteiger partial charge in [-0.1, -0.05) is 121 Å². The predicted molar refractivity (Wildman–Crippen MR) is 158 cm³/mol. The van der Waals surface area contributed by atoms with Crippen molar-refractivity contribution in [1.82, 2.24) is 0 Å². The normalized spacial score (nSPS) is 18.1. The molecule has 0 saturated heterocycles. The van der Waals surface area contributed by atoms with Gasteiger partial charge in [-0.2, -0.15) is 0 Å². The summed E-state index contributed by atoms with van der Waals surface area (Å²) in [7, 11) is -13.3. The Hall–Kier alpha value is -2.45. The van der Waals surface area contributed by atoms with Gasteiger partial charge >= 0.3 is 34.2 Å². The van der Waals surface area contributed by atoms with Gasteiger partial charge in [-0.3, -0.25) is 0 Å². The average Bonchev–Trinajstić information content (AvgIpc) is 2.90. The van der Waals surface area contributed by atoms with E-state index in [-0.39, 0.29) is 0 Å². The molecule has 4 aromatic carbocycles. The molecule has 0 aliphatic rings. The van der Waals surface area contributed by atoms with Crippen molar-refractivity contribution in [2.24, 2.45) is 0 Å². The molecule has 9 heteroatoms. The molecule has 2 N–H and O–H groups in total. The summed E-state index contributed by atoms with van der Waals surface area (Å²) in [4.78, 5) is 23.3. The Morgan fingerprint density at radius 1 is 0.378 bits per heavy atom. The summed E-state index contributed by atoms with van der Waals surface area (Å²) < 4.78 is 20.6. The quantitative estimate of drug-likeness (QED) is 0.291. The minimum absolute atomic E-state index is 0.767. The lowest BCUT2D eigenvalue weighted by atomic mass is 10.4. The van der Waals surface area contributed by atoms with Crippen LogP contribution in [0.2, 0.25) is 26.2 Å². The monoisotopic (exact) mass is 562 g/mol.